The van der Waals surface area contributed by atoms with Crippen LogP contribution in [-0.2, 0) is 9.47 Å². The van der Waals surface area contributed by atoms with Crippen LogP contribution >= 0.6 is 0 Å². The lowest BCUT2D eigenvalue weighted by atomic mass is 9.99. The van der Waals surface area contributed by atoms with Crippen LogP contribution in [0.3, 0.4) is 0 Å². The van der Waals surface area contributed by atoms with Crippen LogP contribution in [-0.4, -0.2) is 63.8 Å². The minimum absolute atomic E-state index is 0.138. The molecule has 6 nitrogen and oxygen atoms in total. The first-order valence-electron chi connectivity index (χ1n) is 5.47. The molecule has 1 aliphatic rings. The molecule has 1 aliphatic heterocycles. The van der Waals surface area contributed by atoms with Gasteiger partial charge in [-0.3, -0.25) is 0 Å². The average molecular weight is 236 g/mol. The molecule has 0 amide bonds. The Labute approximate surface area is 94.4 Å². The van der Waals surface area contributed by atoms with Gasteiger partial charge < -0.3 is 29.9 Å². The highest BCUT2D eigenvalue weighted by atomic mass is 16.7. The summed E-state index contributed by atoms with van der Waals surface area (Å²) in [5, 5.41) is 37.6. The maximum absolute atomic E-state index is 9.62. The van der Waals surface area contributed by atoms with E-state index in [0.717, 1.165) is 6.42 Å². The number of rotatable bonds is 4. The Morgan fingerprint density at radius 1 is 1.19 bits per heavy atom. The van der Waals surface area contributed by atoms with Crippen LogP contribution in [0, 0.1) is 0 Å². The van der Waals surface area contributed by atoms with Gasteiger partial charge in [0.05, 0.1) is 12.7 Å². The second-order valence-corrected chi connectivity index (χ2v) is 4.05. The van der Waals surface area contributed by atoms with Crippen molar-refractivity contribution in [1.82, 2.24) is 0 Å². The van der Waals surface area contributed by atoms with Gasteiger partial charge in [0.15, 0.2) is 6.29 Å². The van der Waals surface area contributed by atoms with Gasteiger partial charge in [0.25, 0.3) is 0 Å². The summed E-state index contributed by atoms with van der Waals surface area (Å²) in [6.07, 6.45) is -5.36. The third kappa shape index (κ3) is 2.91. The number of hydrogen-bond donors (Lipinski definition) is 4. The summed E-state index contributed by atoms with van der Waals surface area (Å²) < 4.78 is 10.5. The van der Waals surface area contributed by atoms with Crippen molar-refractivity contribution in [3.8, 4) is 0 Å². The fourth-order valence-electron chi connectivity index (χ4n) is 1.50. The third-order valence-corrected chi connectivity index (χ3v) is 2.79. The molecule has 1 rings (SSSR count). The van der Waals surface area contributed by atoms with Crippen molar-refractivity contribution in [2.24, 2.45) is 0 Å². The highest BCUT2D eigenvalue weighted by molar-refractivity contribution is 4.89. The van der Waals surface area contributed by atoms with E-state index in [2.05, 4.69) is 0 Å². The van der Waals surface area contributed by atoms with Crippen LogP contribution in [0.5, 0.6) is 0 Å². The zero-order valence-electron chi connectivity index (χ0n) is 9.48. The molecular weight excluding hydrogens is 216 g/mol. The van der Waals surface area contributed by atoms with Crippen molar-refractivity contribution in [1.29, 1.82) is 0 Å². The molecule has 0 radical (unpaired) electrons. The van der Waals surface area contributed by atoms with E-state index in [1.165, 1.54) is 0 Å². The molecule has 0 aromatic rings. The first-order chi connectivity index (χ1) is 7.51. The predicted octanol–water partition coefficient (Wildman–Crippen LogP) is -1.40. The average Bonchev–Trinajstić information content (AvgIpc) is 2.29. The van der Waals surface area contributed by atoms with Crippen molar-refractivity contribution >= 4 is 0 Å². The summed E-state index contributed by atoms with van der Waals surface area (Å²) in [6.45, 7) is 3.28. The van der Waals surface area contributed by atoms with Crippen LogP contribution in [0.4, 0.5) is 0 Å². The van der Waals surface area contributed by atoms with E-state index in [1.54, 1.807) is 6.92 Å². The Hall–Kier alpha value is -0.240. The van der Waals surface area contributed by atoms with E-state index in [4.69, 9.17) is 14.6 Å². The molecule has 16 heavy (non-hydrogen) atoms. The Morgan fingerprint density at radius 2 is 1.81 bits per heavy atom. The van der Waals surface area contributed by atoms with Crippen molar-refractivity contribution in [2.45, 2.75) is 57.1 Å². The Kier molecular flexibility index (Phi) is 5.10. The number of ether oxygens (including phenoxy) is 2. The highest BCUT2D eigenvalue weighted by Gasteiger charge is 2.44. The number of aliphatic hydroxyl groups excluding tert-OH is 4. The third-order valence-electron chi connectivity index (χ3n) is 2.79. The van der Waals surface area contributed by atoms with Gasteiger partial charge in [-0.1, -0.05) is 6.92 Å². The monoisotopic (exact) mass is 236 g/mol. The molecule has 1 fully saturated rings. The first-order valence-corrected chi connectivity index (χ1v) is 5.47. The summed E-state index contributed by atoms with van der Waals surface area (Å²) in [7, 11) is 0. The van der Waals surface area contributed by atoms with Crippen molar-refractivity contribution in [2.75, 3.05) is 6.61 Å². The van der Waals surface area contributed by atoms with Gasteiger partial charge in [0, 0.05) is 0 Å². The largest absolute Gasteiger partial charge is 0.394 e. The maximum Gasteiger partial charge on any atom is 0.186 e. The molecule has 0 aromatic heterocycles. The Bertz CT molecular complexity index is 209. The second-order valence-electron chi connectivity index (χ2n) is 4.05. The molecule has 0 bridgehead atoms. The lowest BCUT2D eigenvalue weighted by Gasteiger charge is -2.40. The topological polar surface area (TPSA) is 99.4 Å². The van der Waals surface area contributed by atoms with Crippen molar-refractivity contribution in [3.05, 3.63) is 0 Å². The molecule has 6 atom stereocenters. The molecule has 0 spiro atoms. The summed E-state index contributed by atoms with van der Waals surface area (Å²) in [5.41, 5.74) is 0. The van der Waals surface area contributed by atoms with E-state index in [9.17, 15) is 15.3 Å². The molecule has 0 aliphatic carbocycles. The molecule has 6 heteroatoms. The van der Waals surface area contributed by atoms with Gasteiger partial charge in [-0.15, -0.1) is 0 Å². The van der Waals surface area contributed by atoms with Crippen LogP contribution < -0.4 is 0 Å². The minimum Gasteiger partial charge on any atom is -0.394 e. The molecule has 0 aromatic carbocycles. The van der Waals surface area contributed by atoms with Gasteiger partial charge in [-0.2, -0.15) is 0 Å². The summed E-state index contributed by atoms with van der Waals surface area (Å²) in [6, 6.07) is 0. The highest BCUT2D eigenvalue weighted by Crippen LogP contribution is 2.23. The lowest BCUT2D eigenvalue weighted by molar-refractivity contribution is -0.310. The summed E-state index contributed by atoms with van der Waals surface area (Å²) in [4.78, 5) is 0. The minimum atomic E-state index is -1.38. The molecule has 3 unspecified atom stereocenters. The van der Waals surface area contributed by atoms with E-state index < -0.39 is 37.3 Å². The van der Waals surface area contributed by atoms with E-state index in [1.807, 2.05) is 6.92 Å². The van der Waals surface area contributed by atoms with Crippen molar-refractivity contribution < 1.29 is 29.9 Å². The first kappa shape index (κ1) is 13.8. The Morgan fingerprint density at radius 3 is 2.31 bits per heavy atom. The van der Waals surface area contributed by atoms with Crippen molar-refractivity contribution in [3.63, 3.8) is 0 Å². The molecule has 4 N–H and O–H groups in total. The normalized spacial score (nSPS) is 42.0. The van der Waals surface area contributed by atoms with Crippen LogP contribution in [0.1, 0.15) is 20.3 Å². The van der Waals surface area contributed by atoms with Gasteiger partial charge in [0.2, 0.25) is 0 Å². The molecule has 1 saturated heterocycles. The quantitative estimate of drug-likeness (QED) is 0.479. The fourth-order valence-corrected chi connectivity index (χ4v) is 1.50. The van der Waals surface area contributed by atoms with Crippen LogP contribution in [0.25, 0.3) is 0 Å². The van der Waals surface area contributed by atoms with E-state index in [-0.39, 0.29) is 6.10 Å². The Balaban J connectivity index is 2.63. The van der Waals surface area contributed by atoms with Crippen LogP contribution in [0.2, 0.25) is 0 Å². The van der Waals surface area contributed by atoms with Gasteiger partial charge in [0.1, 0.15) is 24.4 Å². The number of hydrogen-bond acceptors (Lipinski definition) is 6. The summed E-state index contributed by atoms with van der Waals surface area (Å²) in [5.74, 6) is 0. The second kappa shape index (κ2) is 5.90. The summed E-state index contributed by atoms with van der Waals surface area (Å²) >= 11 is 0. The molecule has 1 heterocycles. The van der Waals surface area contributed by atoms with Gasteiger partial charge in [-0.25, -0.2) is 0 Å². The van der Waals surface area contributed by atoms with Crippen LogP contribution in [0.15, 0.2) is 0 Å². The predicted molar refractivity (Wildman–Crippen MR) is 54.6 cm³/mol. The fraction of sp³-hybridized carbons (Fsp3) is 1.00. The molecule has 96 valence electrons. The molecular formula is C10H20O6. The SMILES string of the molecule is CCC(C)O[C@H]1OC(CO)[C@@H](O)C(O)[C@@H]1O. The zero-order valence-corrected chi connectivity index (χ0v) is 9.48. The lowest BCUT2D eigenvalue weighted by Crippen LogP contribution is -2.59. The van der Waals surface area contributed by atoms with Gasteiger partial charge in [-0.05, 0) is 13.3 Å². The number of aliphatic hydroxyl groups is 4. The molecule has 0 saturated carbocycles. The standard InChI is InChI=1S/C10H20O6/c1-3-5(2)15-10-9(14)8(13)7(12)6(4-11)16-10/h5-14H,3-4H2,1-2H3/t5?,6?,7-,8?,9+,10+/m1/s1. The van der Waals surface area contributed by atoms with E-state index in [0.29, 0.717) is 0 Å². The smallest absolute Gasteiger partial charge is 0.186 e. The van der Waals surface area contributed by atoms with Gasteiger partial charge >= 0.3 is 0 Å². The van der Waals surface area contributed by atoms with E-state index >= 15 is 0 Å². The zero-order chi connectivity index (χ0) is 12.3. The maximum atomic E-state index is 9.62.